The number of Topliss-reactive ketones (excluding diaryl/α,β-unsaturated/α-hetero) is 1. The van der Waals surface area contributed by atoms with Crippen LogP contribution in [0.25, 0.3) is 10.2 Å². The van der Waals surface area contributed by atoms with Crippen molar-refractivity contribution in [3.63, 3.8) is 0 Å². The smallest absolute Gasteiger partial charge is 0.240 e. The summed E-state index contributed by atoms with van der Waals surface area (Å²) in [6.07, 6.45) is 1.47. The van der Waals surface area contributed by atoms with E-state index in [1.807, 2.05) is 13.8 Å². The molecule has 2 heterocycles. The minimum atomic E-state index is -0.780. The van der Waals surface area contributed by atoms with E-state index in [2.05, 4.69) is 15.3 Å². The molecule has 0 radical (unpaired) electrons. The summed E-state index contributed by atoms with van der Waals surface area (Å²) in [7, 11) is 1.52. The molecular weight excluding hydrogens is 294 g/mol. The lowest BCUT2D eigenvalue weighted by atomic mass is 10.2. The predicted molar refractivity (Wildman–Crippen MR) is 81.3 cm³/mol. The first kappa shape index (κ1) is 14.9. The average Bonchev–Trinajstić information content (AvgIpc) is 2.71. The zero-order valence-corrected chi connectivity index (χ0v) is 13.3. The molecule has 0 aromatic carbocycles. The Morgan fingerprint density at radius 2 is 2.05 bits per heavy atom. The molecule has 0 saturated carbocycles. The molecule has 0 aliphatic rings. The van der Waals surface area contributed by atoms with Gasteiger partial charge in [0.1, 0.15) is 21.4 Å². The molecule has 2 aromatic heterocycles. The molecule has 0 fully saturated rings. The van der Waals surface area contributed by atoms with Crippen LogP contribution < -0.4 is 5.32 Å². The van der Waals surface area contributed by atoms with E-state index in [1.165, 1.54) is 36.9 Å². The van der Waals surface area contributed by atoms with Crippen molar-refractivity contribution in [2.24, 2.45) is 0 Å². The normalized spacial score (nSPS) is 12.4. The zero-order valence-electron chi connectivity index (χ0n) is 11.7. The van der Waals surface area contributed by atoms with Gasteiger partial charge < -0.3 is 5.32 Å². The summed E-state index contributed by atoms with van der Waals surface area (Å²) in [5.41, 5.74) is 1.10. The number of carbonyl (C=O) groups is 2. The lowest BCUT2D eigenvalue weighted by molar-refractivity contribution is -0.126. The van der Waals surface area contributed by atoms with Crippen molar-refractivity contribution in [2.75, 3.05) is 7.05 Å². The summed E-state index contributed by atoms with van der Waals surface area (Å²) >= 11 is 2.77. The van der Waals surface area contributed by atoms with Crippen molar-refractivity contribution in [1.29, 1.82) is 0 Å². The number of fused-ring (bicyclic) bond motifs is 1. The van der Waals surface area contributed by atoms with E-state index in [4.69, 9.17) is 0 Å². The number of thiophene rings is 1. The quantitative estimate of drug-likeness (QED) is 0.532. The summed E-state index contributed by atoms with van der Waals surface area (Å²) in [6, 6.07) is 0. The van der Waals surface area contributed by atoms with Crippen molar-refractivity contribution in [2.45, 2.75) is 31.0 Å². The molecule has 7 heteroatoms. The fourth-order valence-corrected chi connectivity index (χ4v) is 3.95. The first-order valence-corrected chi connectivity index (χ1v) is 7.74. The molecule has 0 bridgehead atoms. The molecule has 1 atom stereocenters. The molecule has 0 spiro atoms. The van der Waals surface area contributed by atoms with Crippen LogP contribution in [0.1, 0.15) is 17.4 Å². The number of aromatic nitrogens is 2. The Hall–Kier alpha value is -1.47. The number of ketones is 1. The molecule has 2 rings (SSSR count). The van der Waals surface area contributed by atoms with Crippen LogP contribution in [0.5, 0.6) is 0 Å². The lowest BCUT2D eigenvalue weighted by Gasteiger charge is -2.11. The third kappa shape index (κ3) is 2.69. The van der Waals surface area contributed by atoms with E-state index < -0.39 is 5.25 Å². The minimum absolute atomic E-state index is 0.189. The van der Waals surface area contributed by atoms with Gasteiger partial charge in [-0.25, -0.2) is 9.97 Å². The summed E-state index contributed by atoms with van der Waals surface area (Å²) in [6.45, 7) is 5.44. The highest BCUT2D eigenvalue weighted by atomic mass is 32.2. The van der Waals surface area contributed by atoms with Gasteiger partial charge >= 0.3 is 0 Å². The van der Waals surface area contributed by atoms with Crippen LogP contribution in [-0.4, -0.2) is 34.0 Å². The fourth-order valence-electron chi connectivity index (χ4n) is 1.80. The fraction of sp³-hybridized carbons (Fsp3) is 0.385. The number of thioether (sulfide) groups is 1. The number of hydrogen-bond donors (Lipinski definition) is 1. The highest BCUT2D eigenvalue weighted by Crippen LogP contribution is 2.36. The molecule has 1 amide bonds. The summed E-state index contributed by atoms with van der Waals surface area (Å²) in [4.78, 5) is 34.0. The van der Waals surface area contributed by atoms with Gasteiger partial charge in [-0.2, -0.15) is 0 Å². The van der Waals surface area contributed by atoms with Crippen LogP contribution >= 0.6 is 23.1 Å². The van der Waals surface area contributed by atoms with Gasteiger partial charge in [-0.3, -0.25) is 9.59 Å². The monoisotopic (exact) mass is 309 g/mol. The summed E-state index contributed by atoms with van der Waals surface area (Å²) in [5, 5.41) is 3.35. The lowest BCUT2D eigenvalue weighted by Crippen LogP contribution is -2.34. The van der Waals surface area contributed by atoms with Gasteiger partial charge in [-0.15, -0.1) is 11.3 Å². The maximum absolute atomic E-state index is 11.8. The Morgan fingerprint density at radius 1 is 1.35 bits per heavy atom. The third-order valence-corrected chi connectivity index (χ3v) is 5.44. The number of hydrogen-bond acceptors (Lipinski definition) is 6. The van der Waals surface area contributed by atoms with Crippen molar-refractivity contribution in [3.05, 3.63) is 16.8 Å². The van der Waals surface area contributed by atoms with Gasteiger partial charge in [0.2, 0.25) is 5.91 Å². The molecule has 106 valence electrons. The predicted octanol–water partition coefficient (Wildman–Crippen LogP) is 2.10. The second-order valence-electron chi connectivity index (χ2n) is 4.37. The number of aryl methyl sites for hydroxylation is 2. The van der Waals surface area contributed by atoms with Gasteiger partial charge in [0, 0.05) is 17.3 Å². The van der Waals surface area contributed by atoms with Crippen LogP contribution in [-0.2, 0) is 9.59 Å². The van der Waals surface area contributed by atoms with Crippen molar-refractivity contribution in [3.8, 4) is 0 Å². The van der Waals surface area contributed by atoms with Crippen LogP contribution in [0.15, 0.2) is 11.4 Å². The van der Waals surface area contributed by atoms with Crippen LogP contribution in [0.2, 0.25) is 0 Å². The highest BCUT2D eigenvalue weighted by molar-refractivity contribution is 8.01. The van der Waals surface area contributed by atoms with Crippen LogP contribution in [0.4, 0.5) is 0 Å². The third-order valence-electron chi connectivity index (χ3n) is 3.01. The van der Waals surface area contributed by atoms with Crippen molar-refractivity contribution < 1.29 is 9.59 Å². The molecule has 20 heavy (non-hydrogen) atoms. The second kappa shape index (κ2) is 5.88. The number of nitrogens with zero attached hydrogens (tertiary/aromatic N) is 2. The number of amides is 1. The first-order chi connectivity index (χ1) is 9.45. The first-order valence-electron chi connectivity index (χ1n) is 6.05. The van der Waals surface area contributed by atoms with E-state index in [1.54, 1.807) is 11.3 Å². The Morgan fingerprint density at radius 3 is 2.65 bits per heavy atom. The number of nitrogens with one attached hydrogen (secondary N) is 1. The highest BCUT2D eigenvalue weighted by Gasteiger charge is 2.26. The molecular formula is C13H15N3O2S2. The molecule has 0 saturated heterocycles. The Balaban J connectivity index is 2.47. The largest absolute Gasteiger partial charge is 0.358 e. The van der Waals surface area contributed by atoms with Gasteiger partial charge in [-0.1, -0.05) is 11.8 Å². The minimum Gasteiger partial charge on any atom is -0.358 e. The molecule has 5 nitrogen and oxygen atoms in total. The molecule has 1 N–H and O–H groups in total. The van der Waals surface area contributed by atoms with E-state index in [9.17, 15) is 9.59 Å². The van der Waals surface area contributed by atoms with E-state index >= 15 is 0 Å². The van der Waals surface area contributed by atoms with E-state index in [-0.39, 0.29) is 11.7 Å². The SMILES string of the molecule is CNC(=O)C(Sc1ncnc2sc(C)c(C)c12)C(C)=O. The Kier molecular flexibility index (Phi) is 4.39. The Bertz CT molecular complexity index is 682. The van der Waals surface area contributed by atoms with Gasteiger partial charge in [0.25, 0.3) is 0 Å². The number of rotatable bonds is 4. The summed E-state index contributed by atoms with van der Waals surface area (Å²) < 4.78 is 0. The van der Waals surface area contributed by atoms with Crippen molar-refractivity contribution >= 4 is 45.0 Å². The summed E-state index contributed by atoms with van der Waals surface area (Å²) in [5.74, 6) is -0.496. The van der Waals surface area contributed by atoms with Gasteiger partial charge in [0.15, 0.2) is 5.78 Å². The molecule has 0 aliphatic heterocycles. The van der Waals surface area contributed by atoms with E-state index in [0.29, 0.717) is 5.03 Å². The Labute approximate surface area is 125 Å². The maximum atomic E-state index is 11.8. The molecule has 1 unspecified atom stereocenters. The van der Waals surface area contributed by atoms with Crippen LogP contribution in [0.3, 0.4) is 0 Å². The molecule has 0 aliphatic carbocycles. The standard InChI is InChI=1S/C13H15N3O2S2/c1-6-8(3)19-12-9(6)13(16-5-15-12)20-10(7(2)17)11(18)14-4/h5,10H,1-4H3,(H,14,18). The zero-order chi connectivity index (χ0) is 14.9. The average molecular weight is 309 g/mol. The van der Waals surface area contributed by atoms with Crippen LogP contribution in [0, 0.1) is 13.8 Å². The number of carbonyl (C=O) groups excluding carboxylic acids is 2. The second-order valence-corrected chi connectivity index (χ2v) is 6.66. The maximum Gasteiger partial charge on any atom is 0.240 e. The van der Waals surface area contributed by atoms with E-state index in [0.717, 1.165) is 15.8 Å². The topological polar surface area (TPSA) is 72.0 Å². The van der Waals surface area contributed by atoms with Gasteiger partial charge in [-0.05, 0) is 26.3 Å². The molecule has 2 aromatic rings. The van der Waals surface area contributed by atoms with Gasteiger partial charge in [0.05, 0.1) is 0 Å². The van der Waals surface area contributed by atoms with Crippen molar-refractivity contribution in [1.82, 2.24) is 15.3 Å².